The number of benzene rings is 2. The first-order chi connectivity index (χ1) is 12.0. The fraction of sp³-hybridized carbons (Fsp3) is 0.200. The molecule has 1 atom stereocenters. The van der Waals surface area contributed by atoms with E-state index in [1.54, 1.807) is 6.92 Å². The number of aromatic nitrogens is 1. The summed E-state index contributed by atoms with van der Waals surface area (Å²) in [7, 11) is 2.01. The Balaban J connectivity index is 2.06. The number of carbonyl (C=O) groups excluding carboxylic acids is 2. The number of fused-ring (bicyclic) bond motifs is 3. The number of ketones is 1. The van der Waals surface area contributed by atoms with Crippen LogP contribution < -0.4 is 10.6 Å². The molecule has 2 heterocycles. The van der Waals surface area contributed by atoms with E-state index in [-0.39, 0.29) is 11.8 Å². The maximum atomic E-state index is 12.2. The number of amides is 2. The summed E-state index contributed by atoms with van der Waals surface area (Å²) in [4.78, 5) is 24.3. The number of nitrogens with zero attached hydrogens (tertiary/aromatic N) is 1. The average Bonchev–Trinajstić information content (AvgIpc) is 2.87. The predicted octanol–water partition coefficient (Wildman–Crippen LogP) is 3.55. The van der Waals surface area contributed by atoms with Gasteiger partial charge in [0.25, 0.3) is 0 Å². The second kappa shape index (κ2) is 5.48. The molecule has 1 unspecified atom stereocenters. The molecule has 3 aromatic rings. The minimum atomic E-state index is -0.460. The molecular weight excluding hydrogens is 314 g/mol. The molecule has 0 saturated heterocycles. The van der Waals surface area contributed by atoms with Crippen LogP contribution in [0.4, 0.5) is 4.79 Å². The van der Waals surface area contributed by atoms with E-state index in [0.29, 0.717) is 11.3 Å². The van der Waals surface area contributed by atoms with E-state index in [9.17, 15) is 9.59 Å². The summed E-state index contributed by atoms with van der Waals surface area (Å²) in [5.41, 5.74) is 4.28. The zero-order valence-corrected chi connectivity index (χ0v) is 14.4. The summed E-state index contributed by atoms with van der Waals surface area (Å²) in [6, 6.07) is 13.5. The van der Waals surface area contributed by atoms with E-state index in [0.717, 1.165) is 27.4 Å². The molecule has 0 fully saturated rings. The van der Waals surface area contributed by atoms with Crippen molar-refractivity contribution >= 4 is 33.6 Å². The van der Waals surface area contributed by atoms with Crippen LogP contribution in [0, 0.1) is 0 Å². The van der Waals surface area contributed by atoms with Crippen molar-refractivity contribution in [1.29, 1.82) is 0 Å². The Morgan fingerprint density at radius 3 is 2.56 bits per heavy atom. The lowest BCUT2D eigenvalue weighted by molar-refractivity contribution is -0.114. The van der Waals surface area contributed by atoms with Crippen molar-refractivity contribution in [3.8, 4) is 0 Å². The highest BCUT2D eigenvalue weighted by molar-refractivity contribution is 6.10. The van der Waals surface area contributed by atoms with Crippen LogP contribution >= 0.6 is 0 Å². The molecule has 4 rings (SSSR count). The van der Waals surface area contributed by atoms with Gasteiger partial charge in [-0.05, 0) is 19.9 Å². The molecule has 5 nitrogen and oxygen atoms in total. The van der Waals surface area contributed by atoms with Gasteiger partial charge in [0.1, 0.15) is 0 Å². The number of rotatable bonds is 2. The lowest BCUT2D eigenvalue weighted by Gasteiger charge is -2.28. The van der Waals surface area contributed by atoms with E-state index in [1.165, 1.54) is 6.92 Å². The van der Waals surface area contributed by atoms with Crippen LogP contribution in [0.2, 0.25) is 0 Å². The van der Waals surface area contributed by atoms with Crippen LogP contribution in [0.25, 0.3) is 21.8 Å². The second-order valence-electron chi connectivity index (χ2n) is 6.45. The first kappa shape index (κ1) is 15.4. The lowest BCUT2D eigenvalue weighted by atomic mass is 9.91. The van der Waals surface area contributed by atoms with E-state index in [4.69, 9.17) is 0 Å². The maximum Gasteiger partial charge on any atom is 0.319 e. The third kappa shape index (κ3) is 2.23. The van der Waals surface area contributed by atoms with Gasteiger partial charge in [0.15, 0.2) is 5.78 Å². The van der Waals surface area contributed by atoms with E-state index in [1.807, 2.05) is 31.3 Å². The molecule has 0 bridgehead atoms. The number of hydrogen-bond acceptors (Lipinski definition) is 2. The number of para-hydroxylation sites is 2. The second-order valence-corrected chi connectivity index (χ2v) is 6.45. The van der Waals surface area contributed by atoms with Crippen LogP contribution in [0.1, 0.15) is 25.5 Å². The summed E-state index contributed by atoms with van der Waals surface area (Å²) in [5.74, 6) is -0.0502. The number of urea groups is 1. The fourth-order valence-corrected chi connectivity index (χ4v) is 3.89. The monoisotopic (exact) mass is 333 g/mol. The van der Waals surface area contributed by atoms with Gasteiger partial charge in [-0.2, -0.15) is 0 Å². The molecule has 5 heteroatoms. The molecule has 2 N–H and O–H groups in total. The van der Waals surface area contributed by atoms with Gasteiger partial charge in [0.2, 0.25) is 0 Å². The largest absolute Gasteiger partial charge is 0.343 e. The highest BCUT2D eigenvalue weighted by atomic mass is 16.2. The summed E-state index contributed by atoms with van der Waals surface area (Å²) >= 11 is 0. The van der Waals surface area contributed by atoms with Crippen LogP contribution in [-0.2, 0) is 11.8 Å². The first-order valence-corrected chi connectivity index (χ1v) is 8.24. The zero-order valence-electron chi connectivity index (χ0n) is 14.4. The molecule has 0 radical (unpaired) electrons. The molecule has 2 amide bonds. The molecule has 2 aromatic carbocycles. The Labute approximate surface area is 145 Å². The Morgan fingerprint density at radius 2 is 1.80 bits per heavy atom. The van der Waals surface area contributed by atoms with Crippen molar-refractivity contribution < 1.29 is 9.59 Å². The van der Waals surface area contributed by atoms with Gasteiger partial charge in [-0.25, -0.2) is 4.79 Å². The average molecular weight is 333 g/mol. The number of Topliss-reactive ketones (excluding diaryl/α,β-unsaturated/α-hetero) is 1. The molecule has 126 valence electrons. The number of hydrogen-bond donors (Lipinski definition) is 2. The van der Waals surface area contributed by atoms with Gasteiger partial charge in [-0.3, -0.25) is 4.79 Å². The van der Waals surface area contributed by atoms with Gasteiger partial charge < -0.3 is 15.2 Å². The highest BCUT2D eigenvalue weighted by Crippen LogP contribution is 2.36. The topological polar surface area (TPSA) is 63.1 Å². The molecule has 1 aromatic heterocycles. The van der Waals surface area contributed by atoms with Crippen molar-refractivity contribution in [2.24, 2.45) is 7.05 Å². The van der Waals surface area contributed by atoms with E-state index >= 15 is 0 Å². The van der Waals surface area contributed by atoms with Gasteiger partial charge in [-0.15, -0.1) is 0 Å². The smallest absolute Gasteiger partial charge is 0.319 e. The van der Waals surface area contributed by atoms with Crippen LogP contribution in [0.3, 0.4) is 0 Å². The highest BCUT2D eigenvalue weighted by Gasteiger charge is 2.31. The van der Waals surface area contributed by atoms with Crippen molar-refractivity contribution in [3.63, 3.8) is 0 Å². The summed E-state index contributed by atoms with van der Waals surface area (Å²) in [6.07, 6.45) is 0. The van der Waals surface area contributed by atoms with Crippen LogP contribution in [-0.4, -0.2) is 16.4 Å². The summed E-state index contributed by atoms with van der Waals surface area (Å²) < 4.78 is 2.13. The third-order valence-corrected chi connectivity index (χ3v) is 4.92. The fourth-order valence-electron chi connectivity index (χ4n) is 3.89. The third-order valence-electron chi connectivity index (χ3n) is 4.92. The van der Waals surface area contributed by atoms with Crippen LogP contribution in [0.5, 0.6) is 0 Å². The molecular formula is C20H19N3O2. The van der Waals surface area contributed by atoms with E-state index < -0.39 is 6.04 Å². The van der Waals surface area contributed by atoms with E-state index in [2.05, 4.69) is 33.4 Å². The Bertz CT molecular complexity index is 1080. The Kier molecular flexibility index (Phi) is 3.39. The van der Waals surface area contributed by atoms with Gasteiger partial charge in [0.05, 0.1) is 11.6 Å². The van der Waals surface area contributed by atoms with Gasteiger partial charge in [0, 0.05) is 40.2 Å². The number of carbonyl (C=O) groups is 2. The van der Waals surface area contributed by atoms with Crippen molar-refractivity contribution in [2.45, 2.75) is 19.9 Å². The molecule has 0 saturated carbocycles. The molecule has 1 aliphatic heterocycles. The van der Waals surface area contributed by atoms with Crippen molar-refractivity contribution in [3.05, 3.63) is 59.3 Å². The zero-order chi connectivity index (χ0) is 17.7. The Morgan fingerprint density at radius 1 is 1.08 bits per heavy atom. The number of allylic oxidation sites excluding steroid dienone is 1. The minimum Gasteiger partial charge on any atom is -0.343 e. The molecule has 0 spiro atoms. The lowest BCUT2D eigenvalue weighted by Crippen LogP contribution is -2.44. The first-order valence-electron chi connectivity index (χ1n) is 8.24. The van der Waals surface area contributed by atoms with Gasteiger partial charge in [-0.1, -0.05) is 36.4 Å². The van der Waals surface area contributed by atoms with Crippen molar-refractivity contribution in [1.82, 2.24) is 15.2 Å². The molecule has 1 aliphatic rings. The standard InChI is InChI=1S/C20H19N3O2/c1-11-17(12(2)24)18(22-20(25)21-11)15-9-6-8-14-13-7-4-5-10-16(13)23(3)19(14)15/h4-10,18H,1-3H3,(H2,21,22,25). The molecule has 25 heavy (non-hydrogen) atoms. The quantitative estimate of drug-likeness (QED) is 0.753. The van der Waals surface area contributed by atoms with Crippen molar-refractivity contribution in [2.75, 3.05) is 0 Å². The predicted molar refractivity (Wildman–Crippen MR) is 98.2 cm³/mol. The SMILES string of the molecule is CC(=O)C1=C(C)NC(=O)NC1c1cccc2c3ccccc3n(C)c12. The maximum absolute atomic E-state index is 12.2. The Hall–Kier alpha value is -3.08. The van der Waals surface area contributed by atoms with Crippen LogP contribution in [0.15, 0.2) is 53.7 Å². The number of nitrogens with one attached hydrogen (secondary N) is 2. The molecule has 0 aliphatic carbocycles. The normalized spacial score (nSPS) is 17.7. The summed E-state index contributed by atoms with van der Waals surface area (Å²) in [6.45, 7) is 3.30. The summed E-state index contributed by atoms with van der Waals surface area (Å²) in [5, 5.41) is 7.89. The minimum absolute atomic E-state index is 0.0502. The number of aryl methyl sites for hydroxylation is 1. The van der Waals surface area contributed by atoms with Gasteiger partial charge >= 0.3 is 6.03 Å².